The molecule has 2 rings (SSSR count). The summed E-state index contributed by atoms with van der Waals surface area (Å²) in [4.78, 5) is 0. The third-order valence-corrected chi connectivity index (χ3v) is 3.05. The molecule has 1 aliphatic carbocycles. The first-order valence-corrected chi connectivity index (χ1v) is 6.05. The van der Waals surface area contributed by atoms with Crippen LogP contribution in [0.5, 0.6) is 0 Å². The molecular formula is C9H14N2O3S. The lowest BCUT2D eigenvalue weighted by molar-refractivity contribution is 0.0401. The van der Waals surface area contributed by atoms with Gasteiger partial charge < -0.3 is 14.6 Å². The normalized spacial score (nSPS) is 31.0. The van der Waals surface area contributed by atoms with E-state index >= 15 is 0 Å². The van der Waals surface area contributed by atoms with Crippen LogP contribution in [0.4, 0.5) is 0 Å². The summed E-state index contributed by atoms with van der Waals surface area (Å²) in [5.74, 6) is 0.518. The monoisotopic (exact) mass is 230 g/mol. The third-order valence-electron chi connectivity index (χ3n) is 2.56. The van der Waals surface area contributed by atoms with Gasteiger partial charge in [-0.15, -0.1) is 0 Å². The van der Waals surface area contributed by atoms with Crippen LogP contribution in [0, 0.1) is 11.3 Å². The minimum Gasteiger partial charge on any atom is -0.384 e. The Balaban J connectivity index is 2.09. The van der Waals surface area contributed by atoms with Gasteiger partial charge in [-0.3, -0.25) is 5.41 Å². The van der Waals surface area contributed by atoms with Crippen LogP contribution in [0.15, 0.2) is 11.8 Å². The van der Waals surface area contributed by atoms with Gasteiger partial charge in [-0.25, -0.2) is 4.21 Å². The van der Waals surface area contributed by atoms with Gasteiger partial charge in [0.25, 0.3) is 0 Å². The number of rotatable bonds is 2. The Hall–Kier alpha value is -0.720. The second-order valence-corrected chi connectivity index (χ2v) is 4.71. The third kappa shape index (κ3) is 2.64. The molecule has 0 radical (unpaired) electrons. The maximum absolute atomic E-state index is 10.6. The summed E-state index contributed by atoms with van der Waals surface area (Å²) >= 11 is -2.21. The van der Waals surface area contributed by atoms with Crippen molar-refractivity contribution >= 4 is 16.1 Å². The topological polar surface area (TPSA) is 82.4 Å². The molecule has 84 valence electrons. The molecule has 0 aromatic heterocycles. The number of hydrogen-bond acceptors (Lipinski definition) is 4. The maximum atomic E-state index is 10.6. The molecule has 1 aliphatic heterocycles. The molecule has 1 heterocycles. The highest BCUT2D eigenvalue weighted by Crippen LogP contribution is 2.37. The van der Waals surface area contributed by atoms with Gasteiger partial charge in [0.1, 0.15) is 5.04 Å². The summed E-state index contributed by atoms with van der Waals surface area (Å²) in [5.41, 5.74) is 0.774. The standard InChI is InChI=1S/C9H14N2O3S/c10-8(15(12)13)5-7-9(6-1-2-6)14-4-3-11-7/h5-6,9-11H,1-4H2,(H,12,13)/b7-5-,10-8?/t9-/m1/s1. The molecule has 2 fully saturated rings. The fourth-order valence-corrected chi connectivity index (χ4v) is 1.91. The Morgan fingerprint density at radius 3 is 3.00 bits per heavy atom. The van der Waals surface area contributed by atoms with Crippen molar-refractivity contribution < 1.29 is 13.5 Å². The number of ether oxygens (including phenoxy) is 1. The van der Waals surface area contributed by atoms with Gasteiger partial charge in [0.15, 0.2) is 0 Å². The summed E-state index contributed by atoms with van der Waals surface area (Å²) in [6, 6.07) is 0. The van der Waals surface area contributed by atoms with Crippen LogP contribution in [0.1, 0.15) is 12.8 Å². The minimum atomic E-state index is -2.21. The van der Waals surface area contributed by atoms with Crippen molar-refractivity contribution in [2.24, 2.45) is 5.92 Å². The van der Waals surface area contributed by atoms with E-state index in [1.165, 1.54) is 6.08 Å². The molecule has 1 saturated heterocycles. The molecule has 1 saturated carbocycles. The van der Waals surface area contributed by atoms with Crippen LogP contribution >= 0.6 is 0 Å². The quantitative estimate of drug-likeness (QED) is 0.366. The van der Waals surface area contributed by atoms with Gasteiger partial charge in [0.05, 0.1) is 12.7 Å². The lowest BCUT2D eigenvalue weighted by atomic mass is 10.1. The molecule has 2 atom stereocenters. The van der Waals surface area contributed by atoms with Crippen molar-refractivity contribution in [3.63, 3.8) is 0 Å². The predicted molar refractivity (Wildman–Crippen MR) is 57.0 cm³/mol. The Morgan fingerprint density at radius 1 is 1.67 bits per heavy atom. The average Bonchev–Trinajstić information content (AvgIpc) is 3.02. The van der Waals surface area contributed by atoms with E-state index in [9.17, 15) is 4.21 Å². The van der Waals surface area contributed by atoms with Crippen molar-refractivity contribution in [2.45, 2.75) is 18.9 Å². The van der Waals surface area contributed by atoms with Gasteiger partial charge in [0, 0.05) is 12.2 Å². The van der Waals surface area contributed by atoms with Crippen LogP contribution in [-0.4, -0.2) is 33.1 Å². The molecule has 0 aromatic carbocycles. The SMILES string of the molecule is N=C(/C=C1\NCCO[C@@H]1C1CC1)S(=O)O. The van der Waals surface area contributed by atoms with Gasteiger partial charge in [0.2, 0.25) is 11.1 Å². The Bertz CT molecular complexity index is 325. The van der Waals surface area contributed by atoms with Crippen molar-refractivity contribution in [3.05, 3.63) is 11.8 Å². The highest BCUT2D eigenvalue weighted by atomic mass is 32.2. The van der Waals surface area contributed by atoms with E-state index in [2.05, 4.69) is 5.32 Å². The highest BCUT2D eigenvalue weighted by molar-refractivity contribution is 7.95. The van der Waals surface area contributed by atoms with E-state index in [4.69, 9.17) is 14.7 Å². The lowest BCUT2D eigenvalue weighted by Crippen LogP contribution is -2.38. The summed E-state index contributed by atoms with van der Waals surface area (Å²) in [6.07, 6.45) is 3.68. The minimum absolute atomic E-state index is 0.0114. The van der Waals surface area contributed by atoms with Crippen molar-refractivity contribution in [2.75, 3.05) is 13.2 Å². The first kappa shape index (κ1) is 10.8. The Kier molecular flexibility index (Phi) is 3.18. The first-order chi connectivity index (χ1) is 7.18. The molecule has 0 amide bonds. The first-order valence-electron chi connectivity index (χ1n) is 4.95. The summed E-state index contributed by atoms with van der Waals surface area (Å²) in [5, 5.41) is 10.2. The van der Waals surface area contributed by atoms with E-state index in [1.807, 2.05) is 0 Å². The molecule has 5 nitrogen and oxygen atoms in total. The molecule has 15 heavy (non-hydrogen) atoms. The lowest BCUT2D eigenvalue weighted by Gasteiger charge is -2.27. The van der Waals surface area contributed by atoms with Crippen molar-refractivity contribution in [3.8, 4) is 0 Å². The molecular weight excluding hydrogens is 216 g/mol. The predicted octanol–water partition coefficient (Wildman–Crippen LogP) is 0.468. The largest absolute Gasteiger partial charge is 0.384 e. The van der Waals surface area contributed by atoms with Crippen LogP contribution in [-0.2, 0) is 15.8 Å². The Morgan fingerprint density at radius 2 is 2.40 bits per heavy atom. The van der Waals surface area contributed by atoms with Crippen LogP contribution in [0.3, 0.4) is 0 Å². The van der Waals surface area contributed by atoms with Crippen LogP contribution in [0.25, 0.3) is 0 Å². The molecule has 3 N–H and O–H groups in total. The molecule has 2 aliphatic rings. The maximum Gasteiger partial charge on any atom is 0.205 e. The van der Waals surface area contributed by atoms with Crippen molar-refractivity contribution in [1.82, 2.24) is 5.32 Å². The number of hydrogen-bond donors (Lipinski definition) is 3. The molecule has 0 bridgehead atoms. The van der Waals surface area contributed by atoms with Gasteiger partial charge in [-0.05, 0) is 24.8 Å². The van der Waals surface area contributed by atoms with E-state index in [-0.39, 0.29) is 11.1 Å². The second kappa shape index (κ2) is 4.42. The Labute approximate surface area is 90.7 Å². The fourth-order valence-electron chi connectivity index (χ4n) is 1.69. The second-order valence-electron chi connectivity index (χ2n) is 3.77. The van der Waals surface area contributed by atoms with E-state index in [1.54, 1.807) is 0 Å². The van der Waals surface area contributed by atoms with Gasteiger partial charge >= 0.3 is 0 Å². The van der Waals surface area contributed by atoms with E-state index < -0.39 is 11.1 Å². The fraction of sp³-hybridized carbons (Fsp3) is 0.667. The highest BCUT2D eigenvalue weighted by Gasteiger charge is 2.36. The summed E-state index contributed by atoms with van der Waals surface area (Å²) in [6.45, 7) is 1.36. The van der Waals surface area contributed by atoms with Crippen LogP contribution in [0.2, 0.25) is 0 Å². The molecule has 1 unspecified atom stereocenters. The average molecular weight is 230 g/mol. The molecule has 6 heteroatoms. The van der Waals surface area contributed by atoms with Gasteiger partial charge in [-0.2, -0.15) is 0 Å². The number of morpholine rings is 1. The zero-order valence-corrected chi connectivity index (χ0v) is 9.05. The van der Waals surface area contributed by atoms with E-state index in [0.29, 0.717) is 19.1 Å². The molecule has 0 spiro atoms. The van der Waals surface area contributed by atoms with E-state index in [0.717, 1.165) is 18.5 Å². The van der Waals surface area contributed by atoms with Gasteiger partial charge in [-0.1, -0.05) is 0 Å². The smallest absolute Gasteiger partial charge is 0.205 e. The van der Waals surface area contributed by atoms with Crippen molar-refractivity contribution in [1.29, 1.82) is 5.41 Å². The zero-order chi connectivity index (χ0) is 10.8. The van der Waals surface area contributed by atoms with Crippen LogP contribution < -0.4 is 5.32 Å². The number of nitrogens with one attached hydrogen (secondary N) is 2. The summed E-state index contributed by atoms with van der Waals surface area (Å²) in [7, 11) is 0. The zero-order valence-electron chi connectivity index (χ0n) is 8.23. The summed E-state index contributed by atoms with van der Waals surface area (Å²) < 4.78 is 25.0. The molecule has 0 aromatic rings.